The Hall–Kier alpha value is -1.77. The number of anilines is 1. The van der Waals surface area contributed by atoms with Crippen LogP contribution in [0.4, 0.5) is 5.82 Å². The number of carbonyl (C=O) groups excluding carboxylic acids is 1. The maximum absolute atomic E-state index is 12.7. The Morgan fingerprint density at radius 3 is 2.83 bits per heavy atom. The predicted molar refractivity (Wildman–Crippen MR) is 88.3 cm³/mol. The number of ether oxygens (including phenoxy) is 1. The van der Waals surface area contributed by atoms with Crippen LogP contribution in [-0.4, -0.2) is 65.7 Å². The maximum Gasteiger partial charge on any atom is 0.241 e. The lowest BCUT2D eigenvalue weighted by molar-refractivity contribution is -0.134. The van der Waals surface area contributed by atoms with E-state index in [0.29, 0.717) is 12.6 Å². The zero-order chi connectivity index (χ0) is 16.5. The van der Waals surface area contributed by atoms with Crippen LogP contribution in [0.25, 0.3) is 0 Å². The van der Waals surface area contributed by atoms with Crippen LogP contribution in [0.1, 0.15) is 24.6 Å². The molecule has 3 aliphatic rings. The number of rotatable bonds is 2. The fourth-order valence-corrected chi connectivity index (χ4v) is 3.67. The summed E-state index contributed by atoms with van der Waals surface area (Å²) < 4.78 is 5.43. The van der Waals surface area contributed by atoms with E-state index in [1.807, 2.05) is 4.90 Å². The van der Waals surface area contributed by atoms with E-state index < -0.39 is 0 Å². The molecule has 0 aliphatic carbocycles. The van der Waals surface area contributed by atoms with Gasteiger partial charge in [-0.2, -0.15) is 0 Å². The highest BCUT2D eigenvalue weighted by Gasteiger charge is 2.33. The van der Waals surface area contributed by atoms with Gasteiger partial charge < -0.3 is 14.5 Å². The van der Waals surface area contributed by atoms with Crippen LogP contribution in [0, 0.1) is 0 Å². The smallest absolute Gasteiger partial charge is 0.241 e. The molecule has 2 atom stereocenters. The molecule has 2 fully saturated rings. The van der Waals surface area contributed by atoms with Gasteiger partial charge in [-0.05, 0) is 19.8 Å². The average molecular weight is 332 g/mol. The Morgan fingerprint density at radius 2 is 2.08 bits per heavy atom. The molecule has 3 aliphatic heterocycles. The first kappa shape index (κ1) is 15.7. The lowest BCUT2D eigenvalue weighted by Crippen LogP contribution is -2.48. The average Bonchev–Trinajstić information content (AvgIpc) is 3.07. The molecular weight excluding hydrogens is 308 g/mol. The second kappa shape index (κ2) is 6.62. The summed E-state index contributed by atoms with van der Waals surface area (Å²) in [4.78, 5) is 25.8. The Morgan fingerprint density at radius 1 is 1.25 bits per heavy atom. The van der Waals surface area contributed by atoms with Gasteiger partial charge in [0.05, 0.1) is 25.5 Å². The van der Waals surface area contributed by atoms with Crippen molar-refractivity contribution in [1.29, 1.82) is 0 Å². The SMILES string of the molecule is CC1CC(C(=O)N2CCc3c(ncnc3N3CCOCC3)C2)NN1. The lowest BCUT2D eigenvalue weighted by atomic mass is 10.0. The van der Waals surface area contributed by atoms with Crippen LogP contribution in [0.5, 0.6) is 0 Å². The second-order valence-corrected chi connectivity index (χ2v) is 6.71. The van der Waals surface area contributed by atoms with Gasteiger partial charge in [0.15, 0.2) is 0 Å². The van der Waals surface area contributed by atoms with E-state index in [-0.39, 0.29) is 11.9 Å². The van der Waals surface area contributed by atoms with Crippen molar-refractivity contribution in [2.45, 2.75) is 38.4 Å². The van der Waals surface area contributed by atoms with Crippen LogP contribution < -0.4 is 15.8 Å². The summed E-state index contributed by atoms with van der Waals surface area (Å²) in [5.41, 5.74) is 8.38. The van der Waals surface area contributed by atoms with Gasteiger partial charge in [-0.3, -0.25) is 10.2 Å². The van der Waals surface area contributed by atoms with Gasteiger partial charge in [0.1, 0.15) is 18.2 Å². The monoisotopic (exact) mass is 332 g/mol. The van der Waals surface area contributed by atoms with Crippen molar-refractivity contribution in [3.63, 3.8) is 0 Å². The Labute approximate surface area is 141 Å². The third-order valence-corrected chi connectivity index (χ3v) is 5.00. The fraction of sp³-hybridized carbons (Fsp3) is 0.688. The van der Waals surface area contributed by atoms with Crippen molar-refractivity contribution in [2.24, 2.45) is 0 Å². The van der Waals surface area contributed by atoms with E-state index in [0.717, 1.165) is 57.2 Å². The number of fused-ring (bicyclic) bond motifs is 1. The fourth-order valence-electron chi connectivity index (χ4n) is 3.67. The minimum atomic E-state index is -0.137. The van der Waals surface area contributed by atoms with Gasteiger partial charge in [0.2, 0.25) is 5.91 Å². The molecule has 8 heteroatoms. The molecule has 0 aromatic carbocycles. The molecule has 0 spiro atoms. The number of nitrogens with zero attached hydrogens (tertiary/aromatic N) is 4. The zero-order valence-corrected chi connectivity index (χ0v) is 14.0. The molecule has 2 unspecified atom stereocenters. The number of hydrogen-bond donors (Lipinski definition) is 2. The molecule has 1 aromatic rings. The van der Waals surface area contributed by atoms with E-state index in [4.69, 9.17) is 4.74 Å². The Kier molecular flexibility index (Phi) is 4.34. The zero-order valence-electron chi connectivity index (χ0n) is 14.0. The summed E-state index contributed by atoms with van der Waals surface area (Å²) >= 11 is 0. The number of aromatic nitrogens is 2. The molecule has 1 aromatic heterocycles. The topological polar surface area (TPSA) is 82.6 Å². The molecule has 4 rings (SSSR count). The van der Waals surface area contributed by atoms with Crippen molar-refractivity contribution in [1.82, 2.24) is 25.7 Å². The first-order valence-corrected chi connectivity index (χ1v) is 8.67. The van der Waals surface area contributed by atoms with Crippen LogP contribution in [0.2, 0.25) is 0 Å². The van der Waals surface area contributed by atoms with E-state index in [1.165, 1.54) is 5.56 Å². The quantitative estimate of drug-likeness (QED) is 0.752. The summed E-state index contributed by atoms with van der Waals surface area (Å²) in [7, 11) is 0. The normalized spacial score (nSPS) is 27.2. The summed E-state index contributed by atoms with van der Waals surface area (Å²) in [6.45, 7) is 6.57. The third-order valence-electron chi connectivity index (χ3n) is 5.00. The first-order valence-electron chi connectivity index (χ1n) is 8.67. The number of morpholine rings is 1. The van der Waals surface area contributed by atoms with Gasteiger partial charge in [-0.15, -0.1) is 0 Å². The number of hydrogen-bond acceptors (Lipinski definition) is 7. The number of hydrazine groups is 1. The summed E-state index contributed by atoms with van der Waals surface area (Å²) in [5, 5.41) is 0. The maximum atomic E-state index is 12.7. The van der Waals surface area contributed by atoms with Gasteiger partial charge >= 0.3 is 0 Å². The largest absolute Gasteiger partial charge is 0.378 e. The number of amides is 1. The van der Waals surface area contributed by atoms with Crippen molar-refractivity contribution < 1.29 is 9.53 Å². The lowest BCUT2D eigenvalue weighted by Gasteiger charge is -2.34. The molecular formula is C16H24N6O2. The Bertz CT molecular complexity index is 619. The van der Waals surface area contributed by atoms with Crippen molar-refractivity contribution in [2.75, 3.05) is 37.7 Å². The highest BCUT2D eigenvalue weighted by molar-refractivity contribution is 5.82. The number of nitrogens with one attached hydrogen (secondary N) is 2. The van der Waals surface area contributed by atoms with Gasteiger partial charge in [-0.25, -0.2) is 15.4 Å². The van der Waals surface area contributed by atoms with Crippen LogP contribution >= 0.6 is 0 Å². The molecule has 0 radical (unpaired) electrons. The Balaban J connectivity index is 1.50. The molecule has 8 nitrogen and oxygen atoms in total. The molecule has 1 amide bonds. The highest BCUT2D eigenvalue weighted by Crippen LogP contribution is 2.26. The summed E-state index contributed by atoms with van der Waals surface area (Å²) in [6, 6.07) is 0.188. The molecule has 130 valence electrons. The minimum absolute atomic E-state index is 0.137. The molecule has 4 heterocycles. The van der Waals surface area contributed by atoms with Gasteiger partial charge in [0.25, 0.3) is 0 Å². The summed E-state index contributed by atoms with van der Waals surface area (Å²) in [5.74, 6) is 1.17. The van der Waals surface area contributed by atoms with Crippen molar-refractivity contribution in [3.8, 4) is 0 Å². The molecule has 24 heavy (non-hydrogen) atoms. The third kappa shape index (κ3) is 2.97. The van der Waals surface area contributed by atoms with Crippen molar-refractivity contribution in [3.05, 3.63) is 17.6 Å². The van der Waals surface area contributed by atoms with Crippen LogP contribution in [0.3, 0.4) is 0 Å². The van der Waals surface area contributed by atoms with Crippen molar-refractivity contribution >= 4 is 11.7 Å². The van der Waals surface area contributed by atoms with E-state index >= 15 is 0 Å². The van der Waals surface area contributed by atoms with E-state index in [9.17, 15) is 4.79 Å². The predicted octanol–water partition coefficient (Wildman–Crippen LogP) is -0.547. The summed E-state index contributed by atoms with van der Waals surface area (Å²) in [6.07, 6.45) is 3.25. The molecule has 0 saturated carbocycles. The standard InChI is InChI=1S/C16H24N6O2/c1-11-8-13(20-19-11)16(23)22-3-2-12-14(9-22)17-10-18-15(12)21-4-6-24-7-5-21/h10-11,13,19-20H,2-9H2,1H3. The van der Waals surface area contributed by atoms with E-state index in [2.05, 4.69) is 32.6 Å². The van der Waals surface area contributed by atoms with Gasteiger partial charge in [0, 0.05) is 31.2 Å². The first-order chi connectivity index (χ1) is 11.7. The minimum Gasteiger partial charge on any atom is -0.378 e. The molecule has 2 N–H and O–H groups in total. The second-order valence-electron chi connectivity index (χ2n) is 6.71. The van der Waals surface area contributed by atoms with E-state index in [1.54, 1.807) is 6.33 Å². The van der Waals surface area contributed by atoms with Crippen LogP contribution in [0.15, 0.2) is 6.33 Å². The number of carbonyl (C=O) groups is 1. The highest BCUT2D eigenvalue weighted by atomic mass is 16.5. The molecule has 0 bridgehead atoms. The van der Waals surface area contributed by atoms with Crippen LogP contribution in [-0.2, 0) is 22.5 Å². The molecule has 2 saturated heterocycles. The van der Waals surface area contributed by atoms with Gasteiger partial charge in [-0.1, -0.05) is 0 Å².